The zero-order valence-corrected chi connectivity index (χ0v) is 20.6. The second-order valence-corrected chi connectivity index (χ2v) is 9.48. The van der Waals surface area contributed by atoms with E-state index in [0.29, 0.717) is 5.75 Å². The number of carbonyl (C=O) groups excluding carboxylic acids is 3. The van der Waals surface area contributed by atoms with Crippen LogP contribution in [0.15, 0.2) is 90.3 Å². The lowest BCUT2D eigenvalue weighted by atomic mass is 10.0. The van der Waals surface area contributed by atoms with Gasteiger partial charge in [-0.2, -0.15) is 0 Å². The van der Waals surface area contributed by atoms with Gasteiger partial charge in [-0.3, -0.25) is 9.59 Å². The summed E-state index contributed by atoms with van der Waals surface area (Å²) in [7, 11) is 0. The first-order valence-corrected chi connectivity index (χ1v) is 12.7. The first-order valence-electron chi connectivity index (χ1n) is 11.8. The highest BCUT2D eigenvalue weighted by Crippen LogP contribution is 2.27. The largest absolute Gasteiger partial charge is 0.468 e. The Morgan fingerprint density at radius 1 is 0.946 bits per heavy atom. The summed E-state index contributed by atoms with van der Waals surface area (Å²) >= 11 is 1.57. The Hall–Kier alpha value is -4.37. The van der Waals surface area contributed by atoms with E-state index in [4.69, 9.17) is 9.47 Å². The summed E-state index contributed by atoms with van der Waals surface area (Å²) in [5.41, 5.74) is 1.74. The average molecular weight is 516 g/mol. The molecule has 1 saturated heterocycles. The zero-order valence-electron chi connectivity index (χ0n) is 19.8. The normalized spacial score (nSPS) is 17.2. The van der Waals surface area contributed by atoms with Gasteiger partial charge in [-0.05, 0) is 40.1 Å². The van der Waals surface area contributed by atoms with Crippen molar-refractivity contribution in [2.24, 2.45) is 0 Å². The Labute approximate surface area is 217 Å². The van der Waals surface area contributed by atoms with Gasteiger partial charge in [0.2, 0.25) is 12.1 Å². The summed E-state index contributed by atoms with van der Waals surface area (Å²) in [5, 5.41) is 11.0. The third-order valence-electron chi connectivity index (χ3n) is 5.98. The topological polar surface area (TPSA) is 106 Å². The SMILES string of the molecule is O=C(N[C@@H](Cc1csc2ccccc12)C(=O)N[C@@H]1C(=O)N[C@H]1Oc1ccccc1)OCc1ccccc1. The summed E-state index contributed by atoms with van der Waals surface area (Å²) in [6.45, 7) is 0.0699. The number of amides is 3. The fraction of sp³-hybridized carbons (Fsp3) is 0.179. The number of β-lactam (4-membered cyclic amide) rings is 1. The summed E-state index contributed by atoms with van der Waals surface area (Å²) in [6.07, 6.45) is -1.21. The van der Waals surface area contributed by atoms with Gasteiger partial charge >= 0.3 is 6.09 Å². The molecule has 1 aliphatic heterocycles. The van der Waals surface area contributed by atoms with Crippen LogP contribution in [0.3, 0.4) is 0 Å². The van der Waals surface area contributed by atoms with Crippen LogP contribution in [0.1, 0.15) is 11.1 Å². The van der Waals surface area contributed by atoms with E-state index < -0.39 is 30.3 Å². The number of rotatable bonds is 9. The van der Waals surface area contributed by atoms with Crippen LogP contribution in [0.2, 0.25) is 0 Å². The second-order valence-electron chi connectivity index (χ2n) is 8.57. The Kier molecular flexibility index (Phi) is 7.32. The molecule has 1 aromatic heterocycles. The average Bonchev–Trinajstić information content (AvgIpc) is 3.34. The molecule has 2 heterocycles. The maximum absolute atomic E-state index is 13.3. The van der Waals surface area contributed by atoms with E-state index in [1.807, 2.05) is 78.2 Å². The molecule has 0 aliphatic carbocycles. The molecule has 9 heteroatoms. The first kappa shape index (κ1) is 24.3. The fourth-order valence-corrected chi connectivity index (χ4v) is 5.00. The van der Waals surface area contributed by atoms with Crippen LogP contribution in [0.25, 0.3) is 10.1 Å². The zero-order chi connectivity index (χ0) is 25.6. The predicted molar refractivity (Wildman–Crippen MR) is 140 cm³/mol. The van der Waals surface area contributed by atoms with Crippen LogP contribution >= 0.6 is 11.3 Å². The van der Waals surface area contributed by atoms with Gasteiger partial charge in [0.1, 0.15) is 18.4 Å². The van der Waals surface area contributed by atoms with Crippen LogP contribution in [0.4, 0.5) is 4.79 Å². The molecule has 1 fully saturated rings. The number of para-hydroxylation sites is 1. The Morgan fingerprint density at radius 2 is 1.65 bits per heavy atom. The molecule has 1 aliphatic rings. The molecule has 4 aromatic rings. The van der Waals surface area contributed by atoms with Crippen molar-refractivity contribution in [1.29, 1.82) is 0 Å². The number of hydrogen-bond donors (Lipinski definition) is 3. The van der Waals surface area contributed by atoms with Crippen LogP contribution in [-0.2, 0) is 27.4 Å². The van der Waals surface area contributed by atoms with E-state index in [1.54, 1.807) is 23.5 Å². The molecular formula is C28H25N3O5S. The third-order valence-corrected chi connectivity index (χ3v) is 6.99. The Balaban J connectivity index is 1.28. The van der Waals surface area contributed by atoms with Gasteiger partial charge in [0.25, 0.3) is 5.91 Å². The second kappa shape index (κ2) is 11.1. The highest BCUT2D eigenvalue weighted by Gasteiger charge is 2.43. The number of ether oxygens (including phenoxy) is 2. The highest BCUT2D eigenvalue weighted by atomic mass is 32.1. The van der Waals surface area contributed by atoms with Crippen molar-refractivity contribution in [3.05, 3.63) is 101 Å². The molecule has 0 spiro atoms. The number of carbonyl (C=O) groups is 3. The lowest BCUT2D eigenvalue weighted by Crippen LogP contribution is -2.72. The van der Waals surface area contributed by atoms with Crippen LogP contribution in [0.5, 0.6) is 5.75 Å². The van der Waals surface area contributed by atoms with E-state index in [-0.39, 0.29) is 18.9 Å². The third kappa shape index (κ3) is 5.90. The molecule has 3 amide bonds. The number of hydrogen-bond acceptors (Lipinski definition) is 6. The molecule has 0 saturated carbocycles. The number of benzene rings is 3. The van der Waals surface area contributed by atoms with Gasteiger partial charge < -0.3 is 25.4 Å². The molecule has 8 nitrogen and oxygen atoms in total. The van der Waals surface area contributed by atoms with Gasteiger partial charge in [-0.1, -0.05) is 66.7 Å². The lowest BCUT2D eigenvalue weighted by molar-refractivity contribution is -0.143. The van der Waals surface area contributed by atoms with Gasteiger partial charge in [0, 0.05) is 11.1 Å². The standard InChI is InChI=1S/C28H25N3O5S/c32-25(30-24-26(33)31-27(24)36-20-11-5-2-6-12-20)22(15-19-17-37-23-14-8-7-13-21(19)23)29-28(34)35-16-18-9-3-1-4-10-18/h1-14,17,22,24,27H,15-16H2,(H,29,34)(H,30,32)(H,31,33)/t22-,24+,27-/m0/s1. The highest BCUT2D eigenvalue weighted by molar-refractivity contribution is 7.17. The van der Waals surface area contributed by atoms with Crippen molar-refractivity contribution >= 4 is 39.3 Å². The molecule has 0 radical (unpaired) electrons. The van der Waals surface area contributed by atoms with Crippen molar-refractivity contribution in [2.75, 3.05) is 0 Å². The van der Waals surface area contributed by atoms with E-state index in [0.717, 1.165) is 21.2 Å². The molecule has 37 heavy (non-hydrogen) atoms. The van der Waals surface area contributed by atoms with Gasteiger partial charge in [-0.15, -0.1) is 11.3 Å². The minimum absolute atomic E-state index is 0.0699. The smallest absolute Gasteiger partial charge is 0.408 e. The van der Waals surface area contributed by atoms with Crippen molar-refractivity contribution < 1.29 is 23.9 Å². The number of thiophene rings is 1. The van der Waals surface area contributed by atoms with Crippen molar-refractivity contribution in [3.8, 4) is 5.75 Å². The van der Waals surface area contributed by atoms with E-state index in [2.05, 4.69) is 16.0 Å². The number of alkyl carbamates (subject to hydrolysis) is 1. The quantitative estimate of drug-likeness (QED) is 0.295. The Morgan fingerprint density at radius 3 is 2.41 bits per heavy atom. The van der Waals surface area contributed by atoms with Crippen molar-refractivity contribution in [1.82, 2.24) is 16.0 Å². The predicted octanol–water partition coefficient (Wildman–Crippen LogP) is 3.76. The molecule has 3 N–H and O–H groups in total. The van der Waals surface area contributed by atoms with Crippen LogP contribution < -0.4 is 20.7 Å². The fourth-order valence-electron chi connectivity index (χ4n) is 4.02. The molecule has 0 bridgehead atoms. The summed E-state index contributed by atoms with van der Waals surface area (Å²) in [6, 6.07) is 24.3. The number of fused-ring (bicyclic) bond motifs is 1. The minimum atomic E-state index is -0.966. The molecule has 5 rings (SSSR count). The van der Waals surface area contributed by atoms with Gasteiger partial charge in [-0.25, -0.2) is 4.79 Å². The van der Waals surface area contributed by atoms with Crippen molar-refractivity contribution in [2.45, 2.75) is 31.3 Å². The number of nitrogens with one attached hydrogen (secondary N) is 3. The summed E-state index contributed by atoms with van der Waals surface area (Å²) in [4.78, 5) is 38.2. The summed E-state index contributed by atoms with van der Waals surface area (Å²) in [5.74, 6) is -0.301. The van der Waals surface area contributed by atoms with Gasteiger partial charge in [0.15, 0.2) is 6.04 Å². The van der Waals surface area contributed by atoms with Gasteiger partial charge in [0.05, 0.1) is 0 Å². The van der Waals surface area contributed by atoms with E-state index in [1.165, 1.54) is 0 Å². The van der Waals surface area contributed by atoms with E-state index >= 15 is 0 Å². The maximum atomic E-state index is 13.3. The first-order chi connectivity index (χ1) is 18.1. The summed E-state index contributed by atoms with van der Waals surface area (Å²) < 4.78 is 12.2. The monoisotopic (exact) mass is 515 g/mol. The lowest BCUT2D eigenvalue weighted by Gasteiger charge is -2.37. The maximum Gasteiger partial charge on any atom is 0.408 e. The molecule has 3 aromatic carbocycles. The Bertz CT molecular complexity index is 1390. The molecular weight excluding hydrogens is 490 g/mol. The van der Waals surface area contributed by atoms with E-state index in [9.17, 15) is 14.4 Å². The van der Waals surface area contributed by atoms with Crippen LogP contribution in [-0.4, -0.2) is 36.2 Å². The molecule has 188 valence electrons. The molecule has 3 atom stereocenters. The minimum Gasteiger partial charge on any atom is -0.468 e. The molecule has 0 unspecified atom stereocenters. The van der Waals surface area contributed by atoms with Crippen molar-refractivity contribution in [3.63, 3.8) is 0 Å². The van der Waals surface area contributed by atoms with Crippen LogP contribution in [0, 0.1) is 0 Å².